The number of thioether (sulfide) groups is 1. The predicted octanol–water partition coefficient (Wildman–Crippen LogP) is 2.39. The van der Waals surface area contributed by atoms with Gasteiger partial charge in [-0.3, -0.25) is 9.69 Å². The quantitative estimate of drug-likeness (QED) is 0.568. The van der Waals surface area contributed by atoms with E-state index in [1.807, 2.05) is 30.3 Å². The van der Waals surface area contributed by atoms with E-state index in [2.05, 4.69) is 0 Å². The molecule has 25 heavy (non-hydrogen) atoms. The van der Waals surface area contributed by atoms with E-state index < -0.39 is 9.84 Å². The fourth-order valence-electron chi connectivity index (χ4n) is 3.16. The molecule has 8 heteroatoms. The predicted molar refractivity (Wildman–Crippen MR) is 102 cm³/mol. The van der Waals surface area contributed by atoms with Crippen molar-refractivity contribution >= 4 is 50.1 Å². The number of carbonyl (C=O) groups excluding carboxylic acids is 1. The number of nitrogens with zero attached hydrogens (tertiary/aromatic N) is 1. The highest BCUT2D eigenvalue weighted by Crippen LogP contribution is 2.36. The van der Waals surface area contributed by atoms with Crippen LogP contribution in [-0.4, -0.2) is 47.7 Å². The van der Waals surface area contributed by atoms with Crippen LogP contribution in [0.15, 0.2) is 40.8 Å². The smallest absolute Gasteiger partial charge is 0.266 e. The number of hydrogen-bond acceptors (Lipinski definition) is 6. The van der Waals surface area contributed by atoms with Crippen molar-refractivity contribution in [3.63, 3.8) is 0 Å². The summed E-state index contributed by atoms with van der Waals surface area (Å²) in [7, 11) is -3.07. The SMILES string of the molecule is O=C1C(=CC2=Cc3ccccc3OC2)SC(=S)N1C1CCS(=O)(=O)C1. The molecule has 0 spiro atoms. The van der Waals surface area contributed by atoms with Gasteiger partial charge in [-0.1, -0.05) is 42.2 Å². The Morgan fingerprint density at radius 1 is 1.32 bits per heavy atom. The summed E-state index contributed by atoms with van der Waals surface area (Å²) in [5.74, 6) is 0.718. The van der Waals surface area contributed by atoms with E-state index >= 15 is 0 Å². The normalized spacial score (nSPS) is 26.6. The molecule has 1 aromatic carbocycles. The van der Waals surface area contributed by atoms with E-state index in [1.54, 1.807) is 6.08 Å². The third-order valence-electron chi connectivity index (χ3n) is 4.37. The minimum Gasteiger partial charge on any atom is -0.488 e. The average Bonchev–Trinajstić information content (AvgIpc) is 3.06. The van der Waals surface area contributed by atoms with Crippen molar-refractivity contribution < 1.29 is 17.9 Å². The standard InChI is InChI=1S/C17H15NO4S3/c19-16-15(8-11-7-12-3-1-2-4-14(12)22-9-11)24-17(23)18(16)13-5-6-25(20,21)10-13/h1-4,7-8,13H,5-6,9-10H2. The number of fused-ring (bicyclic) bond motifs is 1. The van der Waals surface area contributed by atoms with Crippen LogP contribution in [0.2, 0.25) is 0 Å². The number of benzene rings is 1. The van der Waals surface area contributed by atoms with Gasteiger partial charge in [0.25, 0.3) is 5.91 Å². The van der Waals surface area contributed by atoms with Gasteiger partial charge in [-0.05, 0) is 30.2 Å². The highest BCUT2D eigenvalue weighted by atomic mass is 32.2. The molecule has 0 saturated carbocycles. The fourth-order valence-corrected chi connectivity index (χ4v) is 6.27. The number of sulfone groups is 1. The van der Waals surface area contributed by atoms with Crippen molar-refractivity contribution in [3.8, 4) is 5.75 Å². The molecule has 130 valence electrons. The van der Waals surface area contributed by atoms with Gasteiger partial charge in [0, 0.05) is 5.56 Å². The first-order valence-electron chi connectivity index (χ1n) is 7.83. The largest absolute Gasteiger partial charge is 0.488 e. The van der Waals surface area contributed by atoms with Crippen molar-refractivity contribution in [3.05, 3.63) is 46.4 Å². The molecule has 0 aromatic heterocycles. The van der Waals surface area contributed by atoms with Gasteiger partial charge in [0.2, 0.25) is 0 Å². The lowest BCUT2D eigenvalue weighted by Crippen LogP contribution is -2.39. The number of carbonyl (C=O) groups is 1. The van der Waals surface area contributed by atoms with Gasteiger partial charge in [0.15, 0.2) is 9.84 Å². The highest BCUT2D eigenvalue weighted by molar-refractivity contribution is 8.26. The Balaban J connectivity index is 1.58. The summed E-state index contributed by atoms with van der Waals surface area (Å²) >= 11 is 6.54. The zero-order chi connectivity index (χ0) is 17.6. The minimum absolute atomic E-state index is 0.00803. The Kier molecular flexibility index (Phi) is 4.21. The van der Waals surface area contributed by atoms with Crippen LogP contribution < -0.4 is 4.74 Å². The lowest BCUT2D eigenvalue weighted by molar-refractivity contribution is -0.123. The highest BCUT2D eigenvalue weighted by Gasteiger charge is 2.42. The third kappa shape index (κ3) is 3.26. The Morgan fingerprint density at radius 2 is 2.12 bits per heavy atom. The number of thiocarbonyl (C=S) groups is 1. The van der Waals surface area contributed by atoms with Crippen LogP contribution in [0.3, 0.4) is 0 Å². The Bertz CT molecular complexity index is 933. The van der Waals surface area contributed by atoms with E-state index in [0.717, 1.165) is 16.9 Å². The molecule has 5 nitrogen and oxygen atoms in total. The molecule has 0 aliphatic carbocycles. The molecule has 2 saturated heterocycles. The first kappa shape index (κ1) is 16.8. The number of hydrogen-bond donors (Lipinski definition) is 0. The van der Waals surface area contributed by atoms with Crippen LogP contribution in [0, 0.1) is 0 Å². The van der Waals surface area contributed by atoms with Gasteiger partial charge in [-0.2, -0.15) is 0 Å². The lowest BCUT2D eigenvalue weighted by Gasteiger charge is -2.21. The van der Waals surface area contributed by atoms with Crippen LogP contribution in [0.1, 0.15) is 12.0 Å². The van der Waals surface area contributed by atoms with E-state index in [4.69, 9.17) is 17.0 Å². The van der Waals surface area contributed by atoms with E-state index in [-0.39, 0.29) is 23.5 Å². The van der Waals surface area contributed by atoms with Gasteiger partial charge in [-0.25, -0.2) is 8.42 Å². The molecule has 3 heterocycles. The van der Waals surface area contributed by atoms with E-state index in [1.165, 1.54) is 16.7 Å². The maximum Gasteiger partial charge on any atom is 0.266 e. The van der Waals surface area contributed by atoms with Crippen molar-refractivity contribution in [1.82, 2.24) is 4.90 Å². The van der Waals surface area contributed by atoms with E-state index in [0.29, 0.717) is 22.3 Å². The molecule has 1 amide bonds. The summed E-state index contributed by atoms with van der Waals surface area (Å²) < 4.78 is 29.5. The number of amides is 1. The summed E-state index contributed by atoms with van der Waals surface area (Å²) in [5.41, 5.74) is 1.86. The van der Waals surface area contributed by atoms with Gasteiger partial charge in [0.05, 0.1) is 22.5 Å². The van der Waals surface area contributed by atoms with Crippen molar-refractivity contribution in [2.75, 3.05) is 18.1 Å². The molecular formula is C17H15NO4S3. The van der Waals surface area contributed by atoms with Crippen molar-refractivity contribution in [2.45, 2.75) is 12.5 Å². The summed E-state index contributed by atoms with van der Waals surface area (Å²) in [6.45, 7) is 0.388. The Morgan fingerprint density at radius 3 is 2.88 bits per heavy atom. The van der Waals surface area contributed by atoms with Gasteiger partial charge in [0.1, 0.15) is 16.7 Å². The molecule has 0 bridgehead atoms. The average molecular weight is 394 g/mol. The second kappa shape index (κ2) is 6.26. The second-order valence-corrected chi connectivity index (χ2v) is 10.1. The van der Waals surface area contributed by atoms with Crippen LogP contribution in [-0.2, 0) is 14.6 Å². The first-order valence-corrected chi connectivity index (χ1v) is 10.9. The first-order chi connectivity index (χ1) is 11.9. The summed E-state index contributed by atoms with van der Waals surface area (Å²) in [4.78, 5) is 14.7. The number of rotatable bonds is 2. The van der Waals surface area contributed by atoms with Crippen LogP contribution in [0.4, 0.5) is 0 Å². The van der Waals surface area contributed by atoms with Crippen molar-refractivity contribution in [1.29, 1.82) is 0 Å². The maximum atomic E-state index is 12.7. The number of para-hydroxylation sites is 1. The molecule has 2 fully saturated rings. The fraction of sp³-hybridized carbons (Fsp3) is 0.294. The summed E-state index contributed by atoms with van der Waals surface area (Å²) in [6.07, 6.45) is 4.23. The van der Waals surface area contributed by atoms with Gasteiger partial charge in [-0.15, -0.1) is 0 Å². The molecule has 0 radical (unpaired) electrons. The summed E-state index contributed by atoms with van der Waals surface area (Å²) in [6, 6.07) is 7.36. The molecule has 1 atom stereocenters. The monoisotopic (exact) mass is 393 g/mol. The molecule has 3 aliphatic heterocycles. The topological polar surface area (TPSA) is 63.7 Å². The van der Waals surface area contributed by atoms with Crippen LogP contribution >= 0.6 is 24.0 Å². The molecule has 3 aliphatic rings. The molecule has 4 rings (SSSR count). The maximum absolute atomic E-state index is 12.7. The van der Waals surface area contributed by atoms with E-state index in [9.17, 15) is 13.2 Å². The lowest BCUT2D eigenvalue weighted by atomic mass is 10.1. The molecule has 0 N–H and O–H groups in total. The Hall–Kier alpha value is -1.64. The zero-order valence-corrected chi connectivity index (χ0v) is 15.6. The van der Waals surface area contributed by atoms with Crippen LogP contribution in [0.25, 0.3) is 6.08 Å². The molecule has 1 aromatic rings. The molecule has 1 unspecified atom stereocenters. The zero-order valence-electron chi connectivity index (χ0n) is 13.2. The number of ether oxygens (including phenoxy) is 1. The minimum atomic E-state index is -3.07. The summed E-state index contributed by atoms with van der Waals surface area (Å²) in [5, 5.41) is 0. The van der Waals surface area contributed by atoms with Crippen LogP contribution in [0.5, 0.6) is 5.75 Å². The van der Waals surface area contributed by atoms with Gasteiger partial charge < -0.3 is 4.74 Å². The van der Waals surface area contributed by atoms with Crippen molar-refractivity contribution in [2.24, 2.45) is 0 Å². The molecular weight excluding hydrogens is 378 g/mol. The second-order valence-electron chi connectivity index (χ2n) is 6.15. The Labute approximate surface area is 155 Å². The third-order valence-corrected chi connectivity index (χ3v) is 7.45. The van der Waals surface area contributed by atoms with Gasteiger partial charge >= 0.3 is 0 Å².